The summed E-state index contributed by atoms with van der Waals surface area (Å²) in [6, 6.07) is 14.4. The molecule has 2 aromatic rings. The highest BCUT2D eigenvalue weighted by Gasteiger charge is 2.46. The molecule has 0 aromatic heterocycles. The maximum absolute atomic E-state index is 12.4. The zero-order valence-electron chi connectivity index (χ0n) is 12.0. The Hall–Kier alpha value is -1.19. The van der Waals surface area contributed by atoms with E-state index < -0.39 is 16.4 Å². The summed E-state index contributed by atoms with van der Waals surface area (Å²) in [4.78, 5) is 0. The van der Waals surface area contributed by atoms with E-state index in [-0.39, 0.29) is 10.5 Å². The normalized spacial score (nSPS) is 35.8. The molecule has 21 heavy (non-hydrogen) atoms. The molecule has 2 heterocycles. The van der Waals surface area contributed by atoms with E-state index in [0.717, 1.165) is 30.2 Å². The van der Waals surface area contributed by atoms with Crippen LogP contribution in [0.3, 0.4) is 0 Å². The third-order valence-corrected chi connectivity index (χ3v) is 7.25. The number of fused-ring (bicyclic) bond motifs is 3. The van der Waals surface area contributed by atoms with Crippen molar-refractivity contribution in [3.8, 4) is 0 Å². The molecule has 110 valence electrons. The van der Waals surface area contributed by atoms with Crippen molar-refractivity contribution < 1.29 is 9.32 Å². The minimum atomic E-state index is -0.815. The summed E-state index contributed by atoms with van der Waals surface area (Å²) in [6.07, 6.45) is 4.44. The van der Waals surface area contributed by atoms with Gasteiger partial charge in [-0.3, -0.25) is 4.21 Å². The fourth-order valence-corrected chi connectivity index (χ4v) is 6.36. The van der Waals surface area contributed by atoms with Crippen LogP contribution in [0, 0.1) is 0 Å². The van der Waals surface area contributed by atoms with Crippen LogP contribution < -0.4 is 0 Å². The van der Waals surface area contributed by atoms with Crippen LogP contribution in [-0.2, 0) is 16.4 Å². The molecule has 2 aliphatic rings. The highest BCUT2D eigenvalue weighted by Crippen LogP contribution is 2.45. The molecule has 2 saturated heterocycles. The zero-order chi connectivity index (χ0) is 14.4. The Balaban J connectivity index is 1.82. The van der Waals surface area contributed by atoms with Crippen molar-refractivity contribution in [3.05, 3.63) is 48.0 Å². The second kappa shape index (κ2) is 4.92. The van der Waals surface area contributed by atoms with E-state index in [1.807, 2.05) is 24.3 Å². The lowest BCUT2D eigenvalue weighted by molar-refractivity contribution is 0.00794. The molecule has 2 unspecified atom stereocenters. The van der Waals surface area contributed by atoms with E-state index in [2.05, 4.69) is 18.2 Å². The van der Waals surface area contributed by atoms with Gasteiger partial charge >= 0.3 is 0 Å². The summed E-state index contributed by atoms with van der Waals surface area (Å²) < 4.78 is 12.4. The summed E-state index contributed by atoms with van der Waals surface area (Å²) in [7, 11) is -0.750. The first-order chi connectivity index (χ1) is 10.2. The second-order valence-electron chi connectivity index (χ2n) is 6.47. The molecular formula is C18H20O2S. The summed E-state index contributed by atoms with van der Waals surface area (Å²) in [5.74, 6) is 0. The van der Waals surface area contributed by atoms with Crippen LogP contribution in [0.4, 0.5) is 0 Å². The van der Waals surface area contributed by atoms with Crippen LogP contribution in [0.15, 0.2) is 42.5 Å². The third kappa shape index (κ3) is 2.14. The van der Waals surface area contributed by atoms with Gasteiger partial charge in [-0.15, -0.1) is 0 Å². The molecule has 0 aliphatic carbocycles. The first kappa shape index (κ1) is 13.5. The van der Waals surface area contributed by atoms with Gasteiger partial charge in [-0.1, -0.05) is 48.9 Å². The van der Waals surface area contributed by atoms with E-state index in [1.54, 1.807) is 0 Å². The van der Waals surface area contributed by atoms with Crippen molar-refractivity contribution in [2.45, 2.75) is 48.2 Å². The third-order valence-electron chi connectivity index (χ3n) is 5.13. The van der Waals surface area contributed by atoms with Crippen LogP contribution in [-0.4, -0.2) is 19.8 Å². The summed E-state index contributed by atoms with van der Waals surface area (Å²) >= 11 is 0. The van der Waals surface area contributed by atoms with Crippen molar-refractivity contribution in [2.24, 2.45) is 0 Å². The predicted octanol–water partition coefficient (Wildman–Crippen LogP) is 3.49. The van der Waals surface area contributed by atoms with Crippen LogP contribution in [0.25, 0.3) is 10.8 Å². The monoisotopic (exact) mass is 300 g/mol. The Morgan fingerprint density at radius 2 is 1.67 bits per heavy atom. The standard InChI is InChI=1S/C18H20O2S/c19-18(11-14-7-4-8-15(12-18)21(14)20)17-10-3-6-13-5-1-2-9-16(13)17/h1-3,5-6,9-10,14-15,19H,4,7-8,11-12H2. The molecule has 2 aromatic carbocycles. The van der Waals surface area contributed by atoms with Gasteiger partial charge in [-0.25, -0.2) is 0 Å². The summed E-state index contributed by atoms with van der Waals surface area (Å²) in [5.41, 5.74) is 0.207. The molecular weight excluding hydrogens is 280 g/mol. The van der Waals surface area contributed by atoms with Gasteiger partial charge in [0, 0.05) is 21.3 Å². The van der Waals surface area contributed by atoms with Gasteiger partial charge in [0.25, 0.3) is 0 Å². The average molecular weight is 300 g/mol. The largest absolute Gasteiger partial charge is 0.385 e. The Bertz CT molecular complexity index is 688. The summed E-state index contributed by atoms with van der Waals surface area (Å²) in [5, 5.41) is 14.0. The summed E-state index contributed by atoms with van der Waals surface area (Å²) in [6.45, 7) is 0. The molecule has 2 atom stereocenters. The molecule has 3 heteroatoms. The van der Waals surface area contributed by atoms with E-state index in [0.29, 0.717) is 12.8 Å². The van der Waals surface area contributed by atoms with Gasteiger partial charge < -0.3 is 5.11 Å². The first-order valence-corrected chi connectivity index (χ1v) is 9.05. The molecule has 2 bridgehead atoms. The molecule has 0 spiro atoms. The second-order valence-corrected chi connectivity index (χ2v) is 8.46. The number of benzene rings is 2. The van der Waals surface area contributed by atoms with Crippen molar-refractivity contribution >= 4 is 21.6 Å². The minimum Gasteiger partial charge on any atom is -0.385 e. The fourth-order valence-electron chi connectivity index (χ4n) is 4.13. The van der Waals surface area contributed by atoms with Crippen molar-refractivity contribution in [2.75, 3.05) is 0 Å². The van der Waals surface area contributed by atoms with Crippen LogP contribution in [0.1, 0.15) is 37.7 Å². The fraction of sp³-hybridized carbons (Fsp3) is 0.444. The lowest BCUT2D eigenvalue weighted by Crippen LogP contribution is -2.47. The van der Waals surface area contributed by atoms with Crippen LogP contribution >= 0.6 is 0 Å². The quantitative estimate of drug-likeness (QED) is 0.875. The van der Waals surface area contributed by atoms with Gasteiger partial charge in [-0.05, 0) is 42.0 Å². The number of hydrogen-bond donors (Lipinski definition) is 1. The molecule has 4 rings (SSSR count). The van der Waals surface area contributed by atoms with Crippen molar-refractivity contribution in [1.82, 2.24) is 0 Å². The van der Waals surface area contributed by atoms with Gasteiger partial charge in [0.05, 0.1) is 5.60 Å². The van der Waals surface area contributed by atoms with E-state index in [9.17, 15) is 9.32 Å². The highest BCUT2D eigenvalue weighted by atomic mass is 32.2. The predicted molar refractivity (Wildman–Crippen MR) is 86.6 cm³/mol. The maximum atomic E-state index is 12.4. The first-order valence-electron chi connectivity index (χ1n) is 7.77. The van der Waals surface area contributed by atoms with E-state index >= 15 is 0 Å². The molecule has 2 fully saturated rings. The Kier molecular flexibility index (Phi) is 3.16. The lowest BCUT2D eigenvalue weighted by Gasteiger charge is -2.44. The minimum absolute atomic E-state index is 0.168. The van der Waals surface area contributed by atoms with E-state index in [4.69, 9.17) is 0 Å². The van der Waals surface area contributed by atoms with Gasteiger partial charge in [-0.2, -0.15) is 0 Å². The lowest BCUT2D eigenvalue weighted by atomic mass is 9.79. The zero-order valence-corrected chi connectivity index (χ0v) is 12.8. The van der Waals surface area contributed by atoms with Gasteiger partial charge in [0.1, 0.15) is 0 Å². The molecule has 0 saturated carbocycles. The van der Waals surface area contributed by atoms with Crippen molar-refractivity contribution in [3.63, 3.8) is 0 Å². The maximum Gasteiger partial charge on any atom is 0.0925 e. The topological polar surface area (TPSA) is 37.3 Å². The number of rotatable bonds is 1. The van der Waals surface area contributed by atoms with Gasteiger partial charge in [0.2, 0.25) is 0 Å². The molecule has 1 N–H and O–H groups in total. The number of hydrogen-bond acceptors (Lipinski definition) is 2. The highest BCUT2D eigenvalue weighted by molar-refractivity contribution is 7.86. The molecule has 0 amide bonds. The molecule has 0 radical (unpaired) electrons. The SMILES string of the molecule is O=S1C2CCCC1CC(O)(c1cccc3ccccc13)C2. The molecule has 2 aliphatic heterocycles. The van der Waals surface area contributed by atoms with Crippen LogP contribution in [0.5, 0.6) is 0 Å². The van der Waals surface area contributed by atoms with E-state index in [1.165, 1.54) is 5.39 Å². The number of aliphatic hydroxyl groups is 1. The van der Waals surface area contributed by atoms with Gasteiger partial charge in [0.15, 0.2) is 0 Å². The smallest absolute Gasteiger partial charge is 0.0925 e. The van der Waals surface area contributed by atoms with Crippen LogP contribution in [0.2, 0.25) is 0 Å². The van der Waals surface area contributed by atoms with Crippen molar-refractivity contribution in [1.29, 1.82) is 0 Å². The Morgan fingerprint density at radius 1 is 1.00 bits per heavy atom. The molecule has 2 nitrogen and oxygen atoms in total. The Morgan fingerprint density at radius 3 is 2.43 bits per heavy atom. The Labute approximate surface area is 127 Å². The average Bonchev–Trinajstić information content (AvgIpc) is 2.48.